The molecule has 3 aromatic rings. The van der Waals surface area contributed by atoms with Crippen LogP contribution in [0, 0.1) is 5.82 Å². The van der Waals surface area contributed by atoms with Crippen molar-refractivity contribution in [2.75, 3.05) is 19.0 Å². The van der Waals surface area contributed by atoms with Gasteiger partial charge in [0.2, 0.25) is 0 Å². The van der Waals surface area contributed by atoms with Crippen molar-refractivity contribution in [1.29, 1.82) is 0 Å². The van der Waals surface area contributed by atoms with Crippen molar-refractivity contribution in [3.63, 3.8) is 0 Å². The maximum Gasteiger partial charge on any atom is 0.261 e. The van der Waals surface area contributed by atoms with Crippen molar-refractivity contribution in [2.45, 2.75) is 12.0 Å². The number of methoxy groups -OCH3 is 1. The summed E-state index contributed by atoms with van der Waals surface area (Å²) in [5.74, 6) is -0.176. The molecule has 0 saturated carbocycles. The molecule has 1 amide bonds. The molecule has 27 heavy (non-hydrogen) atoms. The number of nitrogens with one attached hydrogen (secondary N) is 1. The minimum atomic E-state index is -1.25. The highest BCUT2D eigenvalue weighted by atomic mass is 35.5. The Morgan fingerprint density at radius 2 is 2.15 bits per heavy atom. The van der Waals surface area contributed by atoms with E-state index in [1.807, 2.05) is 0 Å². The van der Waals surface area contributed by atoms with E-state index >= 15 is 0 Å². The number of fused-ring (bicyclic) bond motifs is 2. The Morgan fingerprint density at radius 1 is 1.30 bits per heavy atom. The predicted octanol–water partition coefficient (Wildman–Crippen LogP) is 4.29. The molecule has 138 valence electrons. The Morgan fingerprint density at radius 3 is 2.96 bits per heavy atom. The summed E-state index contributed by atoms with van der Waals surface area (Å²) in [6.07, 6.45) is 3.40. The van der Waals surface area contributed by atoms with E-state index in [9.17, 15) is 9.18 Å². The minimum absolute atomic E-state index is 0.328. The van der Waals surface area contributed by atoms with Crippen LogP contribution in [-0.4, -0.2) is 24.6 Å². The lowest BCUT2D eigenvalue weighted by Crippen LogP contribution is -2.45. The second kappa shape index (κ2) is 6.79. The van der Waals surface area contributed by atoms with E-state index < -0.39 is 5.60 Å². The average molecular weight is 387 g/mol. The first-order chi connectivity index (χ1) is 13.0. The number of benzene rings is 2. The van der Waals surface area contributed by atoms with Crippen LogP contribution in [0.15, 0.2) is 48.8 Å². The minimum Gasteiger partial charge on any atom is -0.493 e. The average Bonchev–Trinajstić information content (AvgIpc) is 2.67. The second-order valence-corrected chi connectivity index (χ2v) is 6.71. The van der Waals surface area contributed by atoms with Gasteiger partial charge in [0.05, 0.1) is 18.5 Å². The highest BCUT2D eigenvalue weighted by molar-refractivity contribution is 6.30. The highest BCUT2D eigenvalue weighted by Gasteiger charge is 2.45. The van der Waals surface area contributed by atoms with Gasteiger partial charge >= 0.3 is 0 Å². The Balaban J connectivity index is 1.76. The molecule has 2 aromatic carbocycles. The molecule has 0 spiro atoms. The van der Waals surface area contributed by atoms with E-state index in [1.54, 1.807) is 30.5 Å². The highest BCUT2D eigenvalue weighted by Crippen LogP contribution is 2.42. The lowest BCUT2D eigenvalue weighted by molar-refractivity contribution is -0.142. The zero-order valence-corrected chi connectivity index (χ0v) is 15.2. The number of hydrogen-bond donors (Lipinski definition) is 1. The molecule has 1 atom stereocenters. The van der Waals surface area contributed by atoms with E-state index in [0.717, 1.165) is 0 Å². The van der Waals surface area contributed by atoms with Gasteiger partial charge in [-0.05, 0) is 36.4 Å². The van der Waals surface area contributed by atoms with Crippen LogP contribution in [0.3, 0.4) is 0 Å². The largest absolute Gasteiger partial charge is 0.493 e. The quantitative estimate of drug-likeness (QED) is 0.729. The van der Waals surface area contributed by atoms with Gasteiger partial charge in [0.15, 0.2) is 5.60 Å². The summed E-state index contributed by atoms with van der Waals surface area (Å²) in [4.78, 5) is 17.4. The number of carbonyl (C=O) groups is 1. The molecule has 0 aliphatic carbocycles. The number of pyridine rings is 1. The van der Waals surface area contributed by atoms with Gasteiger partial charge in [0, 0.05) is 41.1 Å². The summed E-state index contributed by atoms with van der Waals surface area (Å²) in [6, 6.07) is 9.42. The molecule has 0 radical (unpaired) electrons. The van der Waals surface area contributed by atoms with Crippen LogP contribution in [-0.2, 0) is 15.1 Å². The van der Waals surface area contributed by atoms with Crippen LogP contribution in [0.25, 0.3) is 10.8 Å². The molecule has 7 heteroatoms. The third-order valence-corrected chi connectivity index (χ3v) is 5.01. The molecule has 5 nitrogen and oxygen atoms in total. The summed E-state index contributed by atoms with van der Waals surface area (Å²) < 4.78 is 24.8. The van der Waals surface area contributed by atoms with Crippen LogP contribution in [0.5, 0.6) is 5.75 Å². The van der Waals surface area contributed by atoms with Gasteiger partial charge < -0.3 is 14.8 Å². The van der Waals surface area contributed by atoms with Crippen LogP contribution < -0.4 is 10.1 Å². The number of ether oxygens (including phenoxy) is 2. The zero-order valence-electron chi connectivity index (χ0n) is 14.5. The van der Waals surface area contributed by atoms with Crippen molar-refractivity contribution >= 4 is 34.0 Å². The fourth-order valence-electron chi connectivity index (χ4n) is 3.39. The SMILES string of the molecule is CO[C@@]1(C(=O)Nc2cncc3cc(F)ccc23)CCOc2ccc(Cl)cc21. The van der Waals surface area contributed by atoms with Crippen LogP contribution in [0.2, 0.25) is 5.02 Å². The lowest BCUT2D eigenvalue weighted by atomic mass is 9.86. The molecular formula is C20H16ClFN2O3. The first-order valence-electron chi connectivity index (χ1n) is 8.36. The fourth-order valence-corrected chi connectivity index (χ4v) is 3.57. The molecule has 4 rings (SSSR count). The zero-order chi connectivity index (χ0) is 19.0. The van der Waals surface area contributed by atoms with E-state index in [1.165, 1.54) is 25.4 Å². The van der Waals surface area contributed by atoms with E-state index in [-0.39, 0.29) is 11.7 Å². The molecule has 1 aromatic heterocycles. The topological polar surface area (TPSA) is 60.5 Å². The monoisotopic (exact) mass is 386 g/mol. The third-order valence-electron chi connectivity index (χ3n) is 4.77. The third kappa shape index (κ3) is 3.01. The van der Waals surface area contributed by atoms with E-state index in [2.05, 4.69) is 10.3 Å². The van der Waals surface area contributed by atoms with Gasteiger partial charge in [-0.25, -0.2) is 4.39 Å². The number of halogens is 2. The summed E-state index contributed by atoms with van der Waals surface area (Å²) in [5.41, 5.74) is -0.204. The van der Waals surface area contributed by atoms with Gasteiger partial charge in [-0.15, -0.1) is 0 Å². The van der Waals surface area contributed by atoms with Crippen LogP contribution in [0.1, 0.15) is 12.0 Å². The van der Waals surface area contributed by atoms with Gasteiger partial charge in [0.25, 0.3) is 5.91 Å². The van der Waals surface area contributed by atoms with Gasteiger partial charge in [-0.2, -0.15) is 0 Å². The number of hydrogen-bond acceptors (Lipinski definition) is 4. The summed E-state index contributed by atoms with van der Waals surface area (Å²) in [6.45, 7) is 0.328. The summed E-state index contributed by atoms with van der Waals surface area (Å²) in [7, 11) is 1.48. The molecule has 1 N–H and O–H groups in total. The predicted molar refractivity (Wildman–Crippen MR) is 101 cm³/mol. The lowest BCUT2D eigenvalue weighted by Gasteiger charge is -2.36. The van der Waals surface area contributed by atoms with Crippen molar-refractivity contribution in [3.8, 4) is 5.75 Å². The number of anilines is 1. The molecule has 1 aliphatic rings. The van der Waals surface area contributed by atoms with Crippen molar-refractivity contribution in [2.24, 2.45) is 0 Å². The second-order valence-electron chi connectivity index (χ2n) is 6.28. The summed E-state index contributed by atoms with van der Waals surface area (Å²) >= 11 is 6.13. The van der Waals surface area contributed by atoms with Gasteiger partial charge in [-0.3, -0.25) is 9.78 Å². The molecule has 0 bridgehead atoms. The first kappa shape index (κ1) is 17.7. The maximum atomic E-state index is 13.5. The Bertz CT molecular complexity index is 1040. The number of aromatic nitrogens is 1. The molecular weight excluding hydrogens is 371 g/mol. The van der Waals surface area contributed by atoms with Gasteiger partial charge in [0.1, 0.15) is 11.6 Å². The van der Waals surface area contributed by atoms with Crippen LogP contribution in [0.4, 0.5) is 10.1 Å². The molecule has 1 aliphatic heterocycles. The Hall–Kier alpha value is -2.70. The first-order valence-corrected chi connectivity index (χ1v) is 8.74. The smallest absolute Gasteiger partial charge is 0.261 e. The Labute approximate surface area is 160 Å². The normalized spacial score (nSPS) is 18.6. The standard InChI is InChI=1S/C20H16ClFN2O3/c1-26-20(6-7-27-18-5-2-13(21)9-16(18)20)19(25)24-17-11-23-10-12-8-14(22)3-4-15(12)17/h2-5,8-11H,6-7H2,1H3,(H,24,25)/t20-/m0/s1. The molecule has 0 saturated heterocycles. The van der Waals surface area contributed by atoms with E-state index in [4.69, 9.17) is 21.1 Å². The van der Waals surface area contributed by atoms with Crippen molar-refractivity contribution in [3.05, 3.63) is 65.2 Å². The number of amides is 1. The number of nitrogens with zero attached hydrogens (tertiary/aromatic N) is 1. The van der Waals surface area contributed by atoms with Crippen molar-refractivity contribution < 1.29 is 18.7 Å². The summed E-state index contributed by atoms with van der Waals surface area (Å²) in [5, 5.41) is 4.64. The number of rotatable bonds is 3. The molecule has 2 heterocycles. The molecule has 0 fully saturated rings. The van der Waals surface area contributed by atoms with Crippen LogP contribution >= 0.6 is 11.6 Å². The van der Waals surface area contributed by atoms with Gasteiger partial charge in [-0.1, -0.05) is 11.6 Å². The van der Waals surface area contributed by atoms with E-state index in [0.29, 0.717) is 45.8 Å². The Kier molecular flexibility index (Phi) is 4.45. The van der Waals surface area contributed by atoms with Crippen molar-refractivity contribution in [1.82, 2.24) is 4.98 Å². The fraction of sp³-hybridized carbons (Fsp3) is 0.200. The number of carbonyl (C=O) groups excluding carboxylic acids is 1. The molecule has 0 unspecified atom stereocenters. The maximum absolute atomic E-state index is 13.5.